The normalized spacial score (nSPS) is 11.5. The van der Waals surface area contributed by atoms with E-state index in [1.54, 1.807) is 38.1 Å². The fourth-order valence-corrected chi connectivity index (χ4v) is 5.00. The first-order valence-electron chi connectivity index (χ1n) is 8.35. The number of aryl methyl sites for hydroxylation is 1. The molecule has 4 nitrogen and oxygen atoms in total. The van der Waals surface area contributed by atoms with Gasteiger partial charge in [-0.3, -0.25) is 4.79 Å². The number of carbonyl (C=O) groups excluding carboxylic acids is 1. The van der Waals surface area contributed by atoms with Crippen molar-refractivity contribution in [1.82, 2.24) is 3.97 Å². The van der Waals surface area contributed by atoms with Gasteiger partial charge < -0.3 is 0 Å². The van der Waals surface area contributed by atoms with Crippen LogP contribution in [0.1, 0.15) is 34.1 Å². The molecular formula is C21H21NO3S. The smallest absolute Gasteiger partial charge is 0.268 e. The summed E-state index contributed by atoms with van der Waals surface area (Å²) in [4.78, 5) is 12.4. The summed E-state index contributed by atoms with van der Waals surface area (Å²) in [5.41, 5.74) is 3.85. The molecule has 1 aromatic heterocycles. The molecule has 0 atom stereocenters. The minimum absolute atomic E-state index is 0.143. The largest absolute Gasteiger partial charge is 0.294 e. The number of carbonyl (C=O) groups is 1. The molecule has 0 aliphatic rings. The quantitative estimate of drug-likeness (QED) is 0.637. The van der Waals surface area contributed by atoms with Gasteiger partial charge in [-0.25, -0.2) is 12.4 Å². The van der Waals surface area contributed by atoms with Crippen molar-refractivity contribution in [2.45, 2.75) is 32.6 Å². The molecule has 134 valence electrons. The Hall–Kier alpha value is -2.66. The van der Waals surface area contributed by atoms with Crippen LogP contribution in [0.5, 0.6) is 0 Å². The number of Topliss-reactive ketones (excluding diaryl/α,β-unsaturated/α-hetero) is 1. The highest BCUT2D eigenvalue weighted by atomic mass is 32.2. The van der Waals surface area contributed by atoms with E-state index in [0.29, 0.717) is 22.5 Å². The van der Waals surface area contributed by atoms with Gasteiger partial charge in [0.1, 0.15) is 0 Å². The topological polar surface area (TPSA) is 56.1 Å². The summed E-state index contributed by atoms with van der Waals surface area (Å²) in [6.07, 6.45) is 0. The van der Waals surface area contributed by atoms with Crippen molar-refractivity contribution in [3.05, 3.63) is 77.0 Å². The number of hydrogen-bond acceptors (Lipinski definition) is 3. The zero-order chi connectivity index (χ0) is 19.1. The fourth-order valence-electron chi connectivity index (χ4n) is 3.38. The van der Waals surface area contributed by atoms with Crippen molar-refractivity contribution in [3.63, 3.8) is 0 Å². The Morgan fingerprint density at radius 2 is 1.46 bits per heavy atom. The van der Waals surface area contributed by atoms with Crippen molar-refractivity contribution in [2.75, 3.05) is 0 Å². The summed E-state index contributed by atoms with van der Waals surface area (Å²) in [7, 11) is -3.84. The van der Waals surface area contributed by atoms with Crippen molar-refractivity contribution in [2.24, 2.45) is 0 Å². The zero-order valence-corrected chi connectivity index (χ0v) is 16.1. The number of nitrogens with zero attached hydrogens (tertiary/aromatic N) is 1. The van der Waals surface area contributed by atoms with Crippen LogP contribution >= 0.6 is 0 Å². The second kappa shape index (κ2) is 6.57. The molecule has 0 aliphatic heterocycles. The summed E-state index contributed by atoms with van der Waals surface area (Å²) in [5.74, 6) is -0.143. The van der Waals surface area contributed by atoms with Gasteiger partial charge in [0.05, 0.1) is 10.6 Å². The number of ketones is 1. The predicted octanol–water partition coefficient (Wildman–Crippen LogP) is 4.52. The third-order valence-corrected chi connectivity index (χ3v) is 6.36. The number of rotatable bonds is 4. The van der Waals surface area contributed by atoms with Crippen LogP contribution in [0.25, 0.3) is 11.3 Å². The first-order chi connectivity index (χ1) is 12.2. The number of aromatic nitrogens is 1. The molecule has 0 saturated carbocycles. The van der Waals surface area contributed by atoms with E-state index in [4.69, 9.17) is 0 Å². The molecule has 0 amide bonds. The maximum absolute atomic E-state index is 13.4. The van der Waals surface area contributed by atoms with E-state index in [1.165, 1.54) is 10.9 Å². The zero-order valence-electron chi connectivity index (χ0n) is 15.3. The Kier molecular flexibility index (Phi) is 4.59. The molecular weight excluding hydrogens is 346 g/mol. The monoisotopic (exact) mass is 367 g/mol. The van der Waals surface area contributed by atoms with Crippen molar-refractivity contribution in [1.29, 1.82) is 0 Å². The lowest BCUT2D eigenvalue weighted by atomic mass is 10.0. The summed E-state index contributed by atoms with van der Waals surface area (Å²) in [6, 6.07) is 16.0. The molecule has 0 saturated heterocycles. The molecule has 0 radical (unpaired) electrons. The Bertz CT molecular complexity index is 1080. The molecule has 0 spiro atoms. The van der Waals surface area contributed by atoms with Gasteiger partial charge in [-0.2, -0.15) is 0 Å². The number of hydrogen-bond donors (Lipinski definition) is 0. The standard InChI is InChI=1S/C21H21NO3S/c1-14-10-12-19(13-11-14)26(24,25)22-16(3)20(17(4)23)15(2)21(22)18-8-6-5-7-9-18/h5-13H,1-4H3. The number of benzene rings is 2. The molecule has 3 rings (SSSR count). The van der Waals surface area contributed by atoms with Crippen LogP contribution in [0.2, 0.25) is 0 Å². The molecule has 0 bridgehead atoms. The van der Waals surface area contributed by atoms with Crippen LogP contribution in [0.15, 0.2) is 59.5 Å². The third-order valence-electron chi connectivity index (χ3n) is 4.56. The molecule has 0 aliphatic carbocycles. The summed E-state index contributed by atoms with van der Waals surface area (Å²) < 4.78 is 28.1. The highest BCUT2D eigenvalue weighted by molar-refractivity contribution is 7.90. The molecule has 0 fully saturated rings. The fraction of sp³-hybridized carbons (Fsp3) is 0.190. The predicted molar refractivity (Wildman–Crippen MR) is 103 cm³/mol. The molecule has 26 heavy (non-hydrogen) atoms. The second-order valence-electron chi connectivity index (χ2n) is 6.44. The summed E-state index contributed by atoms with van der Waals surface area (Å²) in [5, 5.41) is 0. The van der Waals surface area contributed by atoms with Crippen molar-refractivity contribution >= 4 is 15.8 Å². The van der Waals surface area contributed by atoms with Gasteiger partial charge in [0.2, 0.25) is 0 Å². The van der Waals surface area contributed by atoms with Gasteiger partial charge in [-0.15, -0.1) is 0 Å². The van der Waals surface area contributed by atoms with E-state index in [-0.39, 0.29) is 10.7 Å². The molecule has 0 N–H and O–H groups in total. The minimum atomic E-state index is -3.84. The van der Waals surface area contributed by atoms with Crippen LogP contribution < -0.4 is 0 Å². The van der Waals surface area contributed by atoms with Crippen molar-refractivity contribution in [3.8, 4) is 11.3 Å². The lowest BCUT2D eigenvalue weighted by molar-refractivity contribution is 0.101. The SMILES string of the molecule is CC(=O)c1c(C)c(-c2ccccc2)n(S(=O)(=O)c2ccc(C)cc2)c1C. The van der Waals surface area contributed by atoms with E-state index in [9.17, 15) is 13.2 Å². The van der Waals surface area contributed by atoms with Gasteiger partial charge >= 0.3 is 0 Å². The van der Waals surface area contributed by atoms with E-state index in [0.717, 1.165) is 11.1 Å². The first-order valence-corrected chi connectivity index (χ1v) is 9.79. The highest BCUT2D eigenvalue weighted by Gasteiger charge is 2.29. The van der Waals surface area contributed by atoms with Crippen LogP contribution in [-0.2, 0) is 10.0 Å². The summed E-state index contributed by atoms with van der Waals surface area (Å²) in [6.45, 7) is 6.85. The van der Waals surface area contributed by atoms with E-state index in [1.807, 2.05) is 37.3 Å². The van der Waals surface area contributed by atoms with Gasteiger partial charge in [-0.1, -0.05) is 48.0 Å². The Morgan fingerprint density at radius 1 is 0.885 bits per heavy atom. The Labute approximate surface area is 154 Å². The molecule has 5 heteroatoms. The highest BCUT2D eigenvalue weighted by Crippen LogP contribution is 2.34. The molecule has 2 aromatic carbocycles. The van der Waals surface area contributed by atoms with Crippen LogP contribution in [0, 0.1) is 20.8 Å². The average molecular weight is 367 g/mol. The van der Waals surface area contributed by atoms with Crippen LogP contribution in [0.3, 0.4) is 0 Å². The van der Waals surface area contributed by atoms with Gasteiger partial charge in [0.25, 0.3) is 10.0 Å². The lowest BCUT2D eigenvalue weighted by Crippen LogP contribution is -2.16. The molecule has 1 heterocycles. The first kappa shape index (κ1) is 18.1. The van der Waals surface area contributed by atoms with Crippen LogP contribution in [-0.4, -0.2) is 18.2 Å². The van der Waals surface area contributed by atoms with Gasteiger partial charge in [-0.05, 0) is 51.0 Å². The lowest BCUT2D eigenvalue weighted by Gasteiger charge is -2.14. The van der Waals surface area contributed by atoms with E-state index in [2.05, 4.69) is 0 Å². The minimum Gasteiger partial charge on any atom is -0.294 e. The molecule has 3 aromatic rings. The van der Waals surface area contributed by atoms with Gasteiger partial charge in [0.15, 0.2) is 5.78 Å². The maximum atomic E-state index is 13.4. The third kappa shape index (κ3) is 2.88. The summed E-state index contributed by atoms with van der Waals surface area (Å²) >= 11 is 0. The Balaban J connectivity index is 2.38. The Morgan fingerprint density at radius 3 is 2.00 bits per heavy atom. The van der Waals surface area contributed by atoms with Gasteiger partial charge in [0, 0.05) is 11.3 Å². The maximum Gasteiger partial charge on any atom is 0.268 e. The van der Waals surface area contributed by atoms with Crippen molar-refractivity contribution < 1.29 is 13.2 Å². The van der Waals surface area contributed by atoms with E-state index < -0.39 is 10.0 Å². The average Bonchev–Trinajstić information content (AvgIpc) is 2.87. The molecule has 0 unspecified atom stereocenters. The van der Waals surface area contributed by atoms with Crippen LogP contribution in [0.4, 0.5) is 0 Å². The second-order valence-corrected chi connectivity index (χ2v) is 8.23. The van der Waals surface area contributed by atoms with E-state index >= 15 is 0 Å².